The highest BCUT2D eigenvalue weighted by atomic mass is 16.3. The molecular formula is C13H23N5O. The van der Waals surface area contributed by atoms with E-state index in [-0.39, 0.29) is 6.61 Å². The fourth-order valence-corrected chi connectivity index (χ4v) is 2.28. The molecule has 1 N–H and O–H groups in total. The summed E-state index contributed by atoms with van der Waals surface area (Å²) in [6.45, 7) is 8.21. The smallest absolute Gasteiger partial charge is 0.134 e. The lowest BCUT2D eigenvalue weighted by atomic mass is 10.3. The van der Waals surface area contributed by atoms with E-state index in [2.05, 4.69) is 26.7 Å². The molecular weight excluding hydrogens is 242 g/mol. The van der Waals surface area contributed by atoms with Crippen molar-refractivity contribution in [3.8, 4) is 0 Å². The van der Waals surface area contributed by atoms with Crippen LogP contribution in [0.25, 0.3) is 0 Å². The van der Waals surface area contributed by atoms with E-state index in [9.17, 15) is 0 Å². The number of piperazine rings is 1. The maximum Gasteiger partial charge on any atom is 0.134 e. The van der Waals surface area contributed by atoms with Crippen LogP contribution in [-0.4, -0.2) is 72.9 Å². The predicted octanol–water partition coefficient (Wildman–Crippen LogP) is 0.0470. The van der Waals surface area contributed by atoms with Crippen LogP contribution in [-0.2, 0) is 0 Å². The molecule has 6 heteroatoms. The zero-order chi connectivity index (χ0) is 13.7. The van der Waals surface area contributed by atoms with E-state index in [1.165, 1.54) is 0 Å². The molecule has 1 fully saturated rings. The van der Waals surface area contributed by atoms with Gasteiger partial charge in [0.1, 0.15) is 18.0 Å². The number of hydrogen-bond donors (Lipinski definition) is 1. The van der Waals surface area contributed by atoms with Crippen molar-refractivity contribution >= 4 is 11.6 Å². The van der Waals surface area contributed by atoms with Crippen LogP contribution in [0.1, 0.15) is 6.92 Å². The van der Waals surface area contributed by atoms with Crippen molar-refractivity contribution in [3.63, 3.8) is 0 Å². The van der Waals surface area contributed by atoms with Gasteiger partial charge in [0.2, 0.25) is 0 Å². The van der Waals surface area contributed by atoms with Gasteiger partial charge in [-0.25, -0.2) is 9.97 Å². The summed E-state index contributed by atoms with van der Waals surface area (Å²) >= 11 is 0. The Morgan fingerprint density at radius 1 is 1.26 bits per heavy atom. The fourth-order valence-electron chi connectivity index (χ4n) is 2.28. The molecule has 0 unspecified atom stereocenters. The summed E-state index contributed by atoms with van der Waals surface area (Å²) in [6, 6.07) is 2.00. The highest BCUT2D eigenvalue weighted by Gasteiger charge is 2.17. The lowest BCUT2D eigenvalue weighted by Crippen LogP contribution is -2.46. The number of likely N-dealkylation sites (N-methyl/N-ethyl adjacent to an activating group) is 2. The minimum Gasteiger partial charge on any atom is -0.395 e. The average Bonchev–Trinajstić information content (AvgIpc) is 2.48. The molecule has 1 aliphatic heterocycles. The lowest BCUT2D eigenvalue weighted by Gasteiger charge is -2.35. The molecule has 0 saturated carbocycles. The zero-order valence-electron chi connectivity index (χ0n) is 11.8. The number of nitrogens with zero attached hydrogens (tertiary/aromatic N) is 5. The molecule has 0 atom stereocenters. The number of anilines is 2. The summed E-state index contributed by atoms with van der Waals surface area (Å²) in [5.74, 6) is 1.84. The minimum atomic E-state index is 0.130. The van der Waals surface area contributed by atoms with Gasteiger partial charge in [0.05, 0.1) is 6.61 Å². The number of rotatable bonds is 5. The minimum absolute atomic E-state index is 0.130. The summed E-state index contributed by atoms with van der Waals surface area (Å²) in [5, 5.41) is 8.97. The number of hydrogen-bond acceptors (Lipinski definition) is 6. The van der Waals surface area contributed by atoms with Crippen LogP contribution >= 0.6 is 0 Å². The van der Waals surface area contributed by atoms with Crippen molar-refractivity contribution < 1.29 is 5.11 Å². The van der Waals surface area contributed by atoms with Gasteiger partial charge in [0.25, 0.3) is 0 Å². The summed E-state index contributed by atoms with van der Waals surface area (Å²) in [7, 11) is 1.93. The van der Waals surface area contributed by atoms with Gasteiger partial charge in [-0.15, -0.1) is 0 Å². The van der Waals surface area contributed by atoms with Crippen molar-refractivity contribution in [2.75, 3.05) is 62.7 Å². The Bertz CT molecular complexity index is 392. The van der Waals surface area contributed by atoms with Gasteiger partial charge in [-0.05, 0) is 6.54 Å². The van der Waals surface area contributed by atoms with Crippen molar-refractivity contribution in [2.45, 2.75) is 6.92 Å². The van der Waals surface area contributed by atoms with Crippen molar-refractivity contribution in [3.05, 3.63) is 12.4 Å². The Balaban J connectivity index is 2.03. The Morgan fingerprint density at radius 2 is 2.00 bits per heavy atom. The second-order valence-electron chi connectivity index (χ2n) is 4.80. The van der Waals surface area contributed by atoms with Crippen LogP contribution < -0.4 is 9.80 Å². The topological polar surface area (TPSA) is 55.7 Å². The van der Waals surface area contributed by atoms with Gasteiger partial charge in [-0.1, -0.05) is 6.92 Å². The van der Waals surface area contributed by atoms with Crippen LogP contribution in [0.15, 0.2) is 12.4 Å². The molecule has 0 amide bonds. The molecule has 0 radical (unpaired) electrons. The summed E-state index contributed by atoms with van der Waals surface area (Å²) < 4.78 is 0. The van der Waals surface area contributed by atoms with E-state index in [4.69, 9.17) is 5.11 Å². The van der Waals surface area contributed by atoms with Gasteiger partial charge >= 0.3 is 0 Å². The second kappa shape index (κ2) is 6.68. The molecule has 2 rings (SSSR count). The molecule has 1 saturated heterocycles. The van der Waals surface area contributed by atoms with Crippen molar-refractivity contribution in [1.82, 2.24) is 14.9 Å². The molecule has 0 aliphatic carbocycles. The van der Waals surface area contributed by atoms with E-state index in [0.29, 0.717) is 6.54 Å². The molecule has 106 valence electrons. The number of aliphatic hydroxyl groups is 1. The van der Waals surface area contributed by atoms with Gasteiger partial charge < -0.3 is 19.8 Å². The molecule has 1 aliphatic rings. The second-order valence-corrected chi connectivity index (χ2v) is 4.80. The number of aromatic nitrogens is 2. The summed E-state index contributed by atoms with van der Waals surface area (Å²) in [4.78, 5) is 15.3. The average molecular weight is 265 g/mol. The quantitative estimate of drug-likeness (QED) is 0.812. The Morgan fingerprint density at radius 3 is 2.63 bits per heavy atom. The Labute approximate surface area is 114 Å². The molecule has 1 aromatic rings. The monoisotopic (exact) mass is 265 g/mol. The zero-order valence-corrected chi connectivity index (χ0v) is 11.8. The molecule has 0 bridgehead atoms. The van der Waals surface area contributed by atoms with Crippen LogP contribution in [0.2, 0.25) is 0 Å². The third-order valence-corrected chi connectivity index (χ3v) is 3.61. The summed E-state index contributed by atoms with van der Waals surface area (Å²) in [6.07, 6.45) is 1.60. The first-order valence-corrected chi connectivity index (χ1v) is 6.86. The molecule has 6 nitrogen and oxygen atoms in total. The lowest BCUT2D eigenvalue weighted by molar-refractivity contribution is 0.270. The third-order valence-electron chi connectivity index (χ3n) is 3.61. The molecule has 0 aromatic carbocycles. The first-order chi connectivity index (χ1) is 9.24. The predicted molar refractivity (Wildman–Crippen MR) is 76.7 cm³/mol. The molecule has 0 spiro atoms. The fraction of sp³-hybridized carbons (Fsp3) is 0.692. The molecule has 1 aromatic heterocycles. The van der Waals surface area contributed by atoms with Crippen molar-refractivity contribution in [2.24, 2.45) is 0 Å². The van der Waals surface area contributed by atoms with E-state index in [1.807, 2.05) is 18.0 Å². The van der Waals surface area contributed by atoms with Gasteiger partial charge in [0, 0.05) is 45.8 Å². The Hall–Kier alpha value is -1.40. The van der Waals surface area contributed by atoms with E-state index in [0.717, 1.165) is 44.4 Å². The largest absolute Gasteiger partial charge is 0.395 e. The van der Waals surface area contributed by atoms with E-state index < -0.39 is 0 Å². The van der Waals surface area contributed by atoms with Crippen LogP contribution in [0.5, 0.6) is 0 Å². The maximum atomic E-state index is 8.97. The highest BCUT2D eigenvalue weighted by molar-refractivity contribution is 5.49. The van der Waals surface area contributed by atoms with Gasteiger partial charge in [-0.3, -0.25) is 0 Å². The molecule has 19 heavy (non-hydrogen) atoms. The SMILES string of the molecule is CCN1CCN(c2cc(N(C)CCO)ncn2)CC1. The van der Waals surface area contributed by atoms with Gasteiger partial charge in [-0.2, -0.15) is 0 Å². The maximum absolute atomic E-state index is 8.97. The van der Waals surface area contributed by atoms with Crippen LogP contribution in [0, 0.1) is 0 Å². The first kappa shape index (κ1) is 14.0. The van der Waals surface area contributed by atoms with Crippen molar-refractivity contribution in [1.29, 1.82) is 0 Å². The normalized spacial score (nSPS) is 16.7. The first-order valence-electron chi connectivity index (χ1n) is 6.86. The van der Waals surface area contributed by atoms with E-state index >= 15 is 0 Å². The highest BCUT2D eigenvalue weighted by Crippen LogP contribution is 2.17. The van der Waals surface area contributed by atoms with Crippen LogP contribution in [0.4, 0.5) is 11.6 Å². The van der Waals surface area contributed by atoms with Gasteiger partial charge in [0.15, 0.2) is 0 Å². The number of aliphatic hydroxyl groups excluding tert-OH is 1. The summed E-state index contributed by atoms with van der Waals surface area (Å²) in [5.41, 5.74) is 0. The van der Waals surface area contributed by atoms with E-state index in [1.54, 1.807) is 6.33 Å². The third kappa shape index (κ3) is 3.54. The standard InChI is InChI=1S/C13H23N5O/c1-3-17-4-6-18(7-5-17)13-10-12(14-11-15-13)16(2)8-9-19/h10-11,19H,3-9H2,1-2H3. The Kier molecular flexibility index (Phi) is 4.93. The van der Waals surface area contributed by atoms with Crippen LogP contribution in [0.3, 0.4) is 0 Å². The molecule has 2 heterocycles.